The first-order valence-corrected chi connectivity index (χ1v) is 5.91. The lowest BCUT2D eigenvalue weighted by molar-refractivity contribution is -0.119. The number of nitrogens with zero attached hydrogens (tertiary/aromatic N) is 1. The van der Waals surface area contributed by atoms with Crippen molar-refractivity contribution in [3.63, 3.8) is 0 Å². The smallest absolute Gasteiger partial charge is 0.252 e. The van der Waals surface area contributed by atoms with Crippen LogP contribution < -0.4 is 5.32 Å². The molecule has 4 nitrogen and oxygen atoms in total. The van der Waals surface area contributed by atoms with Gasteiger partial charge in [0, 0.05) is 13.3 Å². The Kier molecular flexibility index (Phi) is 3.85. The van der Waals surface area contributed by atoms with Crippen LogP contribution in [0.3, 0.4) is 0 Å². The van der Waals surface area contributed by atoms with E-state index in [1.54, 1.807) is 6.20 Å². The van der Waals surface area contributed by atoms with Crippen LogP contribution in [-0.2, 0) is 9.53 Å². The van der Waals surface area contributed by atoms with Crippen molar-refractivity contribution in [3.8, 4) is 10.4 Å². The highest BCUT2D eigenvalue weighted by atomic mass is 32.1. The lowest BCUT2D eigenvalue weighted by atomic mass is 10.2. The fourth-order valence-electron chi connectivity index (χ4n) is 1.35. The van der Waals surface area contributed by atoms with E-state index in [1.807, 2.05) is 30.3 Å². The molecule has 0 aliphatic rings. The van der Waals surface area contributed by atoms with E-state index in [0.29, 0.717) is 5.13 Å². The fourth-order valence-corrected chi connectivity index (χ4v) is 2.19. The van der Waals surface area contributed by atoms with Crippen LogP contribution >= 0.6 is 11.3 Å². The van der Waals surface area contributed by atoms with Gasteiger partial charge in [-0.2, -0.15) is 0 Å². The molecule has 1 heterocycles. The lowest BCUT2D eigenvalue weighted by Crippen LogP contribution is -2.16. The van der Waals surface area contributed by atoms with Gasteiger partial charge in [-0.05, 0) is 5.56 Å². The summed E-state index contributed by atoms with van der Waals surface area (Å²) in [4.78, 5) is 16.5. The van der Waals surface area contributed by atoms with Gasteiger partial charge in [-0.3, -0.25) is 10.1 Å². The first-order chi connectivity index (χ1) is 8.29. The van der Waals surface area contributed by atoms with Crippen LogP contribution in [0.25, 0.3) is 10.4 Å². The summed E-state index contributed by atoms with van der Waals surface area (Å²) in [5.74, 6) is -0.193. The highest BCUT2D eigenvalue weighted by molar-refractivity contribution is 7.19. The van der Waals surface area contributed by atoms with Gasteiger partial charge in [-0.15, -0.1) is 0 Å². The average molecular weight is 248 g/mol. The number of nitrogens with one attached hydrogen (secondary N) is 1. The molecule has 2 rings (SSSR count). The molecule has 0 aliphatic carbocycles. The molecule has 1 aromatic carbocycles. The molecule has 0 saturated carbocycles. The van der Waals surface area contributed by atoms with Crippen molar-refractivity contribution in [3.05, 3.63) is 36.5 Å². The molecule has 0 saturated heterocycles. The van der Waals surface area contributed by atoms with Crippen molar-refractivity contribution in [1.29, 1.82) is 0 Å². The number of thiazole rings is 1. The number of hydrogen-bond donors (Lipinski definition) is 1. The van der Waals surface area contributed by atoms with E-state index in [0.717, 1.165) is 10.4 Å². The maximum atomic E-state index is 11.3. The number of hydrogen-bond acceptors (Lipinski definition) is 4. The van der Waals surface area contributed by atoms with Crippen LogP contribution in [0, 0.1) is 0 Å². The molecule has 88 valence electrons. The molecular formula is C12H12N2O2S. The summed E-state index contributed by atoms with van der Waals surface area (Å²) < 4.78 is 4.73. The molecule has 0 radical (unpaired) electrons. The number of rotatable bonds is 4. The number of amides is 1. The number of benzene rings is 1. The van der Waals surface area contributed by atoms with Gasteiger partial charge in [-0.1, -0.05) is 41.7 Å². The normalized spacial score (nSPS) is 10.2. The average Bonchev–Trinajstić information content (AvgIpc) is 2.79. The summed E-state index contributed by atoms with van der Waals surface area (Å²) in [7, 11) is 1.48. The zero-order chi connectivity index (χ0) is 12.1. The van der Waals surface area contributed by atoms with Gasteiger partial charge in [0.1, 0.15) is 6.61 Å². The predicted octanol–water partition coefficient (Wildman–Crippen LogP) is 2.40. The van der Waals surface area contributed by atoms with Gasteiger partial charge in [0.2, 0.25) is 0 Å². The van der Waals surface area contributed by atoms with E-state index in [-0.39, 0.29) is 12.5 Å². The second kappa shape index (κ2) is 5.56. The van der Waals surface area contributed by atoms with Crippen molar-refractivity contribution in [2.75, 3.05) is 19.0 Å². The fraction of sp³-hybridized carbons (Fsp3) is 0.167. The standard InChI is InChI=1S/C12H12N2O2S/c1-16-8-11(15)14-12-13-7-10(17-12)9-5-3-2-4-6-9/h2-7H,8H2,1H3,(H,13,14,15). The highest BCUT2D eigenvalue weighted by Gasteiger charge is 2.07. The van der Waals surface area contributed by atoms with Crippen molar-refractivity contribution in [2.45, 2.75) is 0 Å². The number of carbonyl (C=O) groups excluding carboxylic acids is 1. The minimum atomic E-state index is -0.193. The zero-order valence-electron chi connectivity index (χ0n) is 9.34. The third-order valence-corrected chi connectivity index (χ3v) is 3.05. The molecule has 0 atom stereocenters. The second-order valence-electron chi connectivity index (χ2n) is 3.38. The molecule has 0 unspecified atom stereocenters. The number of methoxy groups -OCH3 is 1. The second-order valence-corrected chi connectivity index (χ2v) is 4.41. The van der Waals surface area contributed by atoms with E-state index in [9.17, 15) is 4.79 Å². The first kappa shape index (κ1) is 11.8. The first-order valence-electron chi connectivity index (χ1n) is 5.09. The Morgan fingerprint density at radius 1 is 1.41 bits per heavy atom. The summed E-state index contributed by atoms with van der Waals surface area (Å²) in [5.41, 5.74) is 1.09. The molecule has 1 N–H and O–H groups in total. The SMILES string of the molecule is COCC(=O)Nc1ncc(-c2ccccc2)s1. The van der Waals surface area contributed by atoms with Gasteiger partial charge in [0.25, 0.3) is 5.91 Å². The summed E-state index contributed by atoms with van der Waals surface area (Å²) in [6.07, 6.45) is 1.75. The Balaban J connectivity index is 2.09. The Labute approximate surface area is 103 Å². The van der Waals surface area contributed by atoms with Crippen molar-refractivity contribution < 1.29 is 9.53 Å². The van der Waals surface area contributed by atoms with E-state index in [2.05, 4.69) is 10.3 Å². The monoisotopic (exact) mass is 248 g/mol. The van der Waals surface area contributed by atoms with Crippen LogP contribution in [0.4, 0.5) is 5.13 Å². The summed E-state index contributed by atoms with van der Waals surface area (Å²) in [5, 5.41) is 3.27. The molecule has 2 aromatic rings. The number of ether oxygens (including phenoxy) is 1. The molecule has 1 amide bonds. The van der Waals surface area contributed by atoms with Gasteiger partial charge < -0.3 is 4.74 Å². The quantitative estimate of drug-likeness (QED) is 0.903. The Hall–Kier alpha value is -1.72. The Morgan fingerprint density at radius 2 is 2.18 bits per heavy atom. The van der Waals surface area contributed by atoms with Crippen LogP contribution in [0.15, 0.2) is 36.5 Å². The molecule has 17 heavy (non-hydrogen) atoms. The van der Waals surface area contributed by atoms with Crippen LogP contribution in [-0.4, -0.2) is 24.6 Å². The zero-order valence-corrected chi connectivity index (χ0v) is 10.2. The summed E-state index contributed by atoms with van der Waals surface area (Å²) in [6, 6.07) is 9.92. The predicted molar refractivity (Wildman–Crippen MR) is 68.1 cm³/mol. The van der Waals surface area contributed by atoms with Gasteiger partial charge >= 0.3 is 0 Å². The Morgan fingerprint density at radius 3 is 2.88 bits per heavy atom. The van der Waals surface area contributed by atoms with E-state index >= 15 is 0 Å². The van der Waals surface area contributed by atoms with Crippen molar-refractivity contribution in [1.82, 2.24) is 4.98 Å². The van der Waals surface area contributed by atoms with Crippen molar-refractivity contribution >= 4 is 22.4 Å². The molecule has 5 heteroatoms. The number of anilines is 1. The minimum absolute atomic E-state index is 0.0419. The highest BCUT2D eigenvalue weighted by Crippen LogP contribution is 2.28. The van der Waals surface area contributed by atoms with E-state index in [1.165, 1.54) is 18.4 Å². The van der Waals surface area contributed by atoms with Crippen LogP contribution in [0.5, 0.6) is 0 Å². The molecule has 0 aliphatic heterocycles. The minimum Gasteiger partial charge on any atom is -0.375 e. The number of carbonyl (C=O) groups is 1. The van der Waals surface area contributed by atoms with E-state index in [4.69, 9.17) is 4.74 Å². The molecular weight excluding hydrogens is 236 g/mol. The topological polar surface area (TPSA) is 51.2 Å². The third kappa shape index (κ3) is 3.12. The molecule has 0 fully saturated rings. The van der Waals surface area contributed by atoms with Crippen LogP contribution in [0.1, 0.15) is 0 Å². The molecule has 0 spiro atoms. The molecule has 0 bridgehead atoms. The lowest BCUT2D eigenvalue weighted by Gasteiger charge is -1.98. The van der Waals surface area contributed by atoms with E-state index < -0.39 is 0 Å². The summed E-state index contributed by atoms with van der Waals surface area (Å²) >= 11 is 1.44. The van der Waals surface area contributed by atoms with Gasteiger partial charge in [0.05, 0.1) is 4.88 Å². The maximum absolute atomic E-state index is 11.3. The summed E-state index contributed by atoms with van der Waals surface area (Å²) in [6.45, 7) is 0.0419. The largest absolute Gasteiger partial charge is 0.375 e. The van der Waals surface area contributed by atoms with Gasteiger partial charge in [0.15, 0.2) is 5.13 Å². The maximum Gasteiger partial charge on any atom is 0.252 e. The van der Waals surface area contributed by atoms with Gasteiger partial charge in [-0.25, -0.2) is 4.98 Å². The number of aromatic nitrogens is 1. The van der Waals surface area contributed by atoms with Crippen molar-refractivity contribution in [2.24, 2.45) is 0 Å². The van der Waals surface area contributed by atoms with Crippen LogP contribution in [0.2, 0.25) is 0 Å². The third-order valence-electron chi connectivity index (χ3n) is 2.09. The Bertz CT molecular complexity index is 496. The molecule has 1 aromatic heterocycles.